The summed E-state index contributed by atoms with van der Waals surface area (Å²) in [4.78, 5) is 9.52. The Morgan fingerprint density at radius 3 is 3.11 bits per heavy atom. The number of ether oxygens (including phenoxy) is 1. The first-order valence-electron chi connectivity index (χ1n) is 6.27. The van der Waals surface area contributed by atoms with Gasteiger partial charge in [-0.15, -0.1) is 11.3 Å². The van der Waals surface area contributed by atoms with Crippen molar-refractivity contribution in [2.75, 3.05) is 25.1 Å². The first kappa shape index (κ1) is 13.2. The Morgan fingerprint density at radius 2 is 2.28 bits per heavy atom. The largest absolute Gasteiger partial charge is 0.381 e. The number of nitrogens with zero attached hydrogens (tertiary/aromatic N) is 2. The molecule has 0 unspecified atom stereocenters. The van der Waals surface area contributed by atoms with Gasteiger partial charge in [-0.3, -0.25) is 0 Å². The molecule has 0 radical (unpaired) electrons. The van der Waals surface area contributed by atoms with Gasteiger partial charge in [0.15, 0.2) is 0 Å². The van der Waals surface area contributed by atoms with Crippen LogP contribution < -0.4 is 5.32 Å². The molecule has 0 fully saturated rings. The van der Waals surface area contributed by atoms with Crippen LogP contribution in [-0.2, 0) is 4.74 Å². The first-order chi connectivity index (χ1) is 8.77. The van der Waals surface area contributed by atoms with Gasteiger partial charge >= 0.3 is 0 Å². The van der Waals surface area contributed by atoms with Gasteiger partial charge in [0, 0.05) is 19.8 Å². The topological polar surface area (TPSA) is 47.0 Å². The van der Waals surface area contributed by atoms with E-state index in [4.69, 9.17) is 4.74 Å². The fraction of sp³-hybridized carbons (Fsp3) is 0.538. The lowest BCUT2D eigenvalue weighted by molar-refractivity contribution is 0.110. The van der Waals surface area contributed by atoms with Gasteiger partial charge in [-0.25, -0.2) is 9.97 Å². The van der Waals surface area contributed by atoms with E-state index in [1.54, 1.807) is 17.7 Å². The van der Waals surface area contributed by atoms with Crippen LogP contribution in [0.1, 0.15) is 20.3 Å². The van der Waals surface area contributed by atoms with Crippen LogP contribution in [0.5, 0.6) is 0 Å². The van der Waals surface area contributed by atoms with Crippen molar-refractivity contribution >= 4 is 27.4 Å². The predicted octanol–water partition coefficient (Wildman–Crippen LogP) is 3.17. The van der Waals surface area contributed by atoms with Crippen molar-refractivity contribution in [3.05, 3.63) is 17.8 Å². The molecule has 4 nitrogen and oxygen atoms in total. The Hall–Kier alpha value is -1.20. The smallest absolute Gasteiger partial charge is 0.138 e. The number of anilines is 1. The van der Waals surface area contributed by atoms with Gasteiger partial charge in [0.25, 0.3) is 0 Å². The van der Waals surface area contributed by atoms with Crippen LogP contribution in [0.25, 0.3) is 10.2 Å². The molecule has 0 aromatic carbocycles. The predicted molar refractivity (Wildman–Crippen MR) is 76.2 cm³/mol. The zero-order valence-corrected chi connectivity index (χ0v) is 11.7. The molecule has 0 saturated carbocycles. The van der Waals surface area contributed by atoms with E-state index in [-0.39, 0.29) is 0 Å². The molecule has 0 aliphatic rings. The van der Waals surface area contributed by atoms with E-state index in [0.717, 1.165) is 42.2 Å². The lowest BCUT2D eigenvalue weighted by atomic mass is 10.2. The molecular formula is C13H19N3OS. The summed E-state index contributed by atoms with van der Waals surface area (Å²) in [5.74, 6) is 1.52. The molecule has 18 heavy (non-hydrogen) atoms. The van der Waals surface area contributed by atoms with Gasteiger partial charge in [-0.05, 0) is 23.8 Å². The van der Waals surface area contributed by atoms with E-state index in [2.05, 4.69) is 35.2 Å². The van der Waals surface area contributed by atoms with Crippen LogP contribution in [-0.4, -0.2) is 29.7 Å². The van der Waals surface area contributed by atoms with Crippen LogP contribution >= 0.6 is 11.3 Å². The highest BCUT2D eigenvalue weighted by Crippen LogP contribution is 2.23. The molecule has 2 heterocycles. The van der Waals surface area contributed by atoms with Crippen LogP contribution in [0.2, 0.25) is 0 Å². The third-order valence-corrected chi connectivity index (χ3v) is 3.29. The van der Waals surface area contributed by atoms with Crippen LogP contribution in [0, 0.1) is 5.92 Å². The van der Waals surface area contributed by atoms with Gasteiger partial charge in [0.2, 0.25) is 0 Å². The lowest BCUT2D eigenvalue weighted by Crippen LogP contribution is -2.09. The third kappa shape index (κ3) is 3.65. The maximum atomic E-state index is 5.53. The summed E-state index contributed by atoms with van der Waals surface area (Å²) in [6, 6.07) is 2.05. The summed E-state index contributed by atoms with van der Waals surface area (Å²) in [5.41, 5.74) is 0. The van der Waals surface area contributed by atoms with Crippen molar-refractivity contribution in [2.45, 2.75) is 20.3 Å². The molecule has 98 valence electrons. The molecule has 0 spiro atoms. The summed E-state index contributed by atoms with van der Waals surface area (Å²) in [6.07, 6.45) is 2.60. The van der Waals surface area contributed by atoms with Crippen molar-refractivity contribution in [2.24, 2.45) is 5.92 Å². The second-order valence-electron chi connectivity index (χ2n) is 4.61. The van der Waals surface area contributed by atoms with E-state index in [1.807, 2.05) is 5.38 Å². The molecule has 0 bridgehead atoms. The van der Waals surface area contributed by atoms with Crippen LogP contribution in [0.15, 0.2) is 17.8 Å². The molecule has 0 amide bonds. The Balaban J connectivity index is 1.75. The molecule has 0 aliphatic heterocycles. The summed E-state index contributed by atoms with van der Waals surface area (Å²) < 4.78 is 5.53. The molecule has 5 heteroatoms. The molecule has 2 aromatic rings. The summed E-state index contributed by atoms with van der Waals surface area (Å²) in [7, 11) is 0. The van der Waals surface area contributed by atoms with Crippen LogP contribution in [0.4, 0.5) is 5.82 Å². The van der Waals surface area contributed by atoms with Crippen molar-refractivity contribution in [3.8, 4) is 0 Å². The third-order valence-electron chi connectivity index (χ3n) is 2.47. The number of hydrogen-bond acceptors (Lipinski definition) is 5. The SMILES string of the molecule is CC(C)COCCCNc1ncnc2sccc12. The monoisotopic (exact) mass is 265 g/mol. The number of rotatable bonds is 7. The second-order valence-corrected chi connectivity index (χ2v) is 5.51. The number of thiophene rings is 1. The minimum absolute atomic E-state index is 0.602. The zero-order chi connectivity index (χ0) is 12.8. The van der Waals surface area contributed by atoms with E-state index >= 15 is 0 Å². The molecular weight excluding hydrogens is 246 g/mol. The van der Waals surface area contributed by atoms with E-state index in [0.29, 0.717) is 5.92 Å². The van der Waals surface area contributed by atoms with Gasteiger partial charge in [-0.1, -0.05) is 13.8 Å². The molecule has 0 atom stereocenters. The van der Waals surface area contributed by atoms with E-state index < -0.39 is 0 Å². The van der Waals surface area contributed by atoms with Crippen LogP contribution in [0.3, 0.4) is 0 Å². The summed E-state index contributed by atoms with van der Waals surface area (Å²) in [5, 5.41) is 6.48. The van der Waals surface area contributed by atoms with Crippen molar-refractivity contribution in [1.29, 1.82) is 0 Å². The molecule has 1 N–H and O–H groups in total. The van der Waals surface area contributed by atoms with Gasteiger partial charge in [0.1, 0.15) is 17.0 Å². The van der Waals surface area contributed by atoms with E-state index in [9.17, 15) is 0 Å². The number of hydrogen-bond donors (Lipinski definition) is 1. The average molecular weight is 265 g/mol. The summed E-state index contributed by atoms with van der Waals surface area (Å²) in [6.45, 7) is 6.82. The Bertz CT molecular complexity index is 484. The lowest BCUT2D eigenvalue weighted by Gasteiger charge is -2.08. The minimum Gasteiger partial charge on any atom is -0.381 e. The van der Waals surface area contributed by atoms with Gasteiger partial charge < -0.3 is 10.1 Å². The molecule has 2 rings (SSSR count). The average Bonchev–Trinajstić information content (AvgIpc) is 2.82. The minimum atomic E-state index is 0.602. The highest BCUT2D eigenvalue weighted by Gasteiger charge is 2.03. The fourth-order valence-electron chi connectivity index (χ4n) is 1.63. The van der Waals surface area contributed by atoms with Gasteiger partial charge in [-0.2, -0.15) is 0 Å². The normalized spacial score (nSPS) is 11.3. The highest BCUT2D eigenvalue weighted by atomic mass is 32.1. The zero-order valence-electron chi connectivity index (χ0n) is 10.8. The number of fused-ring (bicyclic) bond motifs is 1. The second kappa shape index (κ2) is 6.66. The Kier molecular flexibility index (Phi) is 4.90. The molecule has 2 aromatic heterocycles. The van der Waals surface area contributed by atoms with Gasteiger partial charge in [0.05, 0.1) is 5.39 Å². The van der Waals surface area contributed by atoms with Crippen molar-refractivity contribution < 1.29 is 4.74 Å². The van der Waals surface area contributed by atoms with Crippen molar-refractivity contribution in [1.82, 2.24) is 9.97 Å². The number of aromatic nitrogens is 2. The maximum absolute atomic E-state index is 5.53. The Morgan fingerprint density at radius 1 is 1.39 bits per heavy atom. The standard InChI is InChI=1S/C13H19N3OS/c1-10(2)8-17-6-3-5-14-12-11-4-7-18-13(11)16-9-15-12/h4,7,9-10H,3,5-6,8H2,1-2H3,(H,14,15,16). The fourth-order valence-corrected chi connectivity index (χ4v) is 2.36. The molecule has 0 saturated heterocycles. The maximum Gasteiger partial charge on any atom is 0.138 e. The highest BCUT2D eigenvalue weighted by molar-refractivity contribution is 7.16. The Labute approximate surface area is 111 Å². The molecule has 0 aliphatic carbocycles. The quantitative estimate of drug-likeness (QED) is 0.781. The number of nitrogens with one attached hydrogen (secondary N) is 1. The first-order valence-corrected chi connectivity index (χ1v) is 7.15. The van der Waals surface area contributed by atoms with E-state index in [1.165, 1.54) is 0 Å². The van der Waals surface area contributed by atoms with Crippen molar-refractivity contribution in [3.63, 3.8) is 0 Å². The summed E-state index contributed by atoms with van der Waals surface area (Å²) >= 11 is 1.64.